The van der Waals surface area contributed by atoms with Gasteiger partial charge in [0.15, 0.2) is 11.4 Å². The van der Waals surface area contributed by atoms with Crippen molar-refractivity contribution in [2.75, 3.05) is 20.1 Å². The first-order valence-corrected chi connectivity index (χ1v) is 6.18. The Bertz CT molecular complexity index is 442. The van der Waals surface area contributed by atoms with E-state index in [1.165, 1.54) is 6.33 Å². The fourth-order valence-corrected chi connectivity index (χ4v) is 1.50. The van der Waals surface area contributed by atoms with Crippen molar-refractivity contribution in [3.05, 3.63) is 17.7 Å². The van der Waals surface area contributed by atoms with Crippen molar-refractivity contribution in [2.24, 2.45) is 0 Å². The van der Waals surface area contributed by atoms with Crippen LogP contribution in [0, 0.1) is 0 Å². The molecule has 0 aliphatic rings. The third-order valence-electron chi connectivity index (χ3n) is 2.92. The molecule has 0 atom stereocenters. The molecule has 0 spiro atoms. The first kappa shape index (κ1) is 15.2. The first-order valence-electron chi connectivity index (χ1n) is 6.18. The van der Waals surface area contributed by atoms with E-state index in [1.54, 1.807) is 0 Å². The maximum Gasteiger partial charge on any atom is 0.354 e. The number of nitrogens with zero attached hydrogens (tertiary/aromatic N) is 2. The Labute approximate surface area is 112 Å². The Balaban J connectivity index is 2.40. The maximum absolute atomic E-state index is 11.7. The molecule has 7 heteroatoms. The number of amides is 1. The quantitative estimate of drug-likeness (QED) is 0.628. The van der Waals surface area contributed by atoms with E-state index >= 15 is 0 Å². The van der Waals surface area contributed by atoms with Crippen LogP contribution < -0.4 is 5.32 Å². The standard InChI is InChI=1S/C12H20N4O3/c1-8(2)16(3)6-4-5-13-11(17)9-10(12(18)19)15-7-14-9/h7-8H,4-6H2,1-3H3,(H,13,17)(H,14,15)(H,18,19). The lowest BCUT2D eigenvalue weighted by atomic mass is 10.3. The summed E-state index contributed by atoms with van der Waals surface area (Å²) in [5, 5.41) is 11.5. The third-order valence-corrected chi connectivity index (χ3v) is 2.92. The number of imidazole rings is 1. The fourth-order valence-electron chi connectivity index (χ4n) is 1.50. The van der Waals surface area contributed by atoms with Gasteiger partial charge in [-0.05, 0) is 33.9 Å². The van der Waals surface area contributed by atoms with E-state index in [2.05, 4.69) is 34.0 Å². The molecular weight excluding hydrogens is 248 g/mol. The molecule has 1 amide bonds. The summed E-state index contributed by atoms with van der Waals surface area (Å²) in [5.41, 5.74) is -0.262. The van der Waals surface area contributed by atoms with Crippen LogP contribution in [0.15, 0.2) is 6.33 Å². The number of nitrogens with one attached hydrogen (secondary N) is 2. The van der Waals surface area contributed by atoms with Crippen molar-refractivity contribution in [2.45, 2.75) is 26.3 Å². The first-order chi connectivity index (χ1) is 8.93. The van der Waals surface area contributed by atoms with Gasteiger partial charge in [0.1, 0.15) is 0 Å². The van der Waals surface area contributed by atoms with Crippen LogP contribution in [0.25, 0.3) is 0 Å². The second-order valence-electron chi connectivity index (χ2n) is 4.62. The lowest BCUT2D eigenvalue weighted by Crippen LogP contribution is -2.32. The smallest absolute Gasteiger partial charge is 0.354 e. The van der Waals surface area contributed by atoms with Crippen LogP contribution in [0.2, 0.25) is 0 Å². The molecule has 19 heavy (non-hydrogen) atoms. The number of hydrogen-bond donors (Lipinski definition) is 3. The lowest BCUT2D eigenvalue weighted by Gasteiger charge is -2.20. The minimum absolute atomic E-state index is 0.0790. The zero-order valence-electron chi connectivity index (χ0n) is 11.4. The largest absolute Gasteiger partial charge is 0.477 e. The topological polar surface area (TPSA) is 98.3 Å². The third kappa shape index (κ3) is 4.36. The number of carboxylic acid groups (broad SMARTS) is 1. The summed E-state index contributed by atoms with van der Waals surface area (Å²) < 4.78 is 0. The van der Waals surface area contributed by atoms with Crippen molar-refractivity contribution in [3.8, 4) is 0 Å². The van der Waals surface area contributed by atoms with E-state index in [-0.39, 0.29) is 11.4 Å². The molecule has 0 radical (unpaired) electrons. The summed E-state index contributed by atoms with van der Waals surface area (Å²) >= 11 is 0. The second kappa shape index (κ2) is 6.89. The van der Waals surface area contributed by atoms with Crippen LogP contribution in [-0.4, -0.2) is 58.0 Å². The summed E-state index contributed by atoms with van der Waals surface area (Å²) in [6, 6.07) is 0.459. The number of aromatic amines is 1. The predicted molar refractivity (Wildman–Crippen MR) is 70.3 cm³/mol. The minimum Gasteiger partial charge on any atom is -0.477 e. The molecule has 1 aromatic rings. The molecular formula is C12H20N4O3. The van der Waals surface area contributed by atoms with Crippen LogP contribution in [0.3, 0.4) is 0 Å². The van der Waals surface area contributed by atoms with E-state index in [0.29, 0.717) is 12.6 Å². The van der Waals surface area contributed by atoms with Crippen molar-refractivity contribution in [1.29, 1.82) is 0 Å². The second-order valence-corrected chi connectivity index (χ2v) is 4.62. The molecule has 0 fully saturated rings. The van der Waals surface area contributed by atoms with Crippen LogP contribution in [0.4, 0.5) is 0 Å². The Kier molecular flexibility index (Phi) is 5.50. The lowest BCUT2D eigenvalue weighted by molar-refractivity contribution is 0.0685. The molecule has 7 nitrogen and oxygen atoms in total. The summed E-state index contributed by atoms with van der Waals surface area (Å²) in [4.78, 5) is 30.9. The number of carboxylic acids is 1. The highest BCUT2D eigenvalue weighted by atomic mass is 16.4. The van der Waals surface area contributed by atoms with E-state index in [1.807, 2.05) is 7.05 Å². The predicted octanol–water partition coefficient (Wildman–Crippen LogP) is 0.568. The summed E-state index contributed by atoms with van der Waals surface area (Å²) in [5.74, 6) is -1.66. The van der Waals surface area contributed by atoms with Crippen LogP contribution in [-0.2, 0) is 0 Å². The number of carbonyl (C=O) groups is 2. The molecule has 0 bridgehead atoms. The van der Waals surface area contributed by atoms with Crippen molar-refractivity contribution in [3.63, 3.8) is 0 Å². The normalized spacial score (nSPS) is 11.0. The molecule has 1 heterocycles. The molecule has 0 unspecified atom stereocenters. The van der Waals surface area contributed by atoms with E-state index in [0.717, 1.165) is 13.0 Å². The molecule has 0 aliphatic heterocycles. The SMILES string of the molecule is CC(C)N(C)CCCNC(=O)c1nc[nH]c1C(=O)O. The van der Waals surface area contributed by atoms with Crippen molar-refractivity contribution >= 4 is 11.9 Å². The number of rotatable bonds is 7. The van der Waals surface area contributed by atoms with E-state index < -0.39 is 11.9 Å². The molecule has 1 aromatic heterocycles. The highest BCUT2D eigenvalue weighted by Gasteiger charge is 2.19. The van der Waals surface area contributed by atoms with Gasteiger partial charge < -0.3 is 20.3 Å². The monoisotopic (exact) mass is 268 g/mol. The van der Waals surface area contributed by atoms with Gasteiger partial charge >= 0.3 is 5.97 Å². The van der Waals surface area contributed by atoms with Gasteiger partial charge in [-0.3, -0.25) is 4.79 Å². The van der Waals surface area contributed by atoms with Crippen molar-refractivity contribution in [1.82, 2.24) is 20.2 Å². The summed E-state index contributed by atoms with van der Waals surface area (Å²) in [7, 11) is 2.02. The zero-order chi connectivity index (χ0) is 14.4. The van der Waals surface area contributed by atoms with Gasteiger partial charge in [-0.25, -0.2) is 9.78 Å². The highest BCUT2D eigenvalue weighted by molar-refractivity contribution is 6.02. The van der Waals surface area contributed by atoms with Gasteiger partial charge in [0.2, 0.25) is 0 Å². The van der Waals surface area contributed by atoms with Crippen LogP contribution in [0.1, 0.15) is 41.2 Å². The Hall–Kier alpha value is -1.89. The Morgan fingerprint density at radius 2 is 2.21 bits per heavy atom. The van der Waals surface area contributed by atoms with Gasteiger partial charge in [-0.2, -0.15) is 0 Å². The number of aromatic carboxylic acids is 1. The average Bonchev–Trinajstić information content (AvgIpc) is 2.83. The molecule has 0 saturated heterocycles. The minimum atomic E-state index is -1.19. The summed E-state index contributed by atoms with van der Waals surface area (Å²) in [6.45, 7) is 5.55. The van der Waals surface area contributed by atoms with Gasteiger partial charge in [-0.15, -0.1) is 0 Å². The van der Waals surface area contributed by atoms with Gasteiger partial charge in [0, 0.05) is 12.6 Å². The average molecular weight is 268 g/mol. The Morgan fingerprint density at radius 1 is 1.53 bits per heavy atom. The number of carbonyl (C=O) groups excluding carboxylic acids is 1. The Morgan fingerprint density at radius 3 is 2.79 bits per heavy atom. The number of hydrogen-bond acceptors (Lipinski definition) is 4. The molecule has 0 saturated carbocycles. The molecule has 0 aliphatic carbocycles. The zero-order valence-corrected chi connectivity index (χ0v) is 11.4. The van der Waals surface area contributed by atoms with E-state index in [4.69, 9.17) is 5.11 Å². The van der Waals surface area contributed by atoms with Gasteiger partial charge in [-0.1, -0.05) is 0 Å². The summed E-state index contributed by atoms with van der Waals surface area (Å²) in [6.07, 6.45) is 2.00. The fraction of sp³-hybridized carbons (Fsp3) is 0.583. The van der Waals surface area contributed by atoms with E-state index in [9.17, 15) is 9.59 Å². The molecule has 106 valence electrons. The van der Waals surface area contributed by atoms with Gasteiger partial charge in [0.05, 0.1) is 6.33 Å². The molecule has 3 N–H and O–H groups in total. The molecule has 1 rings (SSSR count). The molecule has 0 aromatic carbocycles. The van der Waals surface area contributed by atoms with Crippen LogP contribution in [0.5, 0.6) is 0 Å². The number of H-pyrrole nitrogens is 1. The maximum atomic E-state index is 11.7. The van der Waals surface area contributed by atoms with Crippen LogP contribution >= 0.6 is 0 Å². The van der Waals surface area contributed by atoms with Crippen molar-refractivity contribution < 1.29 is 14.7 Å². The highest BCUT2D eigenvalue weighted by Crippen LogP contribution is 2.02. The van der Waals surface area contributed by atoms with Gasteiger partial charge in [0.25, 0.3) is 5.91 Å². The number of aromatic nitrogens is 2.